The maximum Gasteiger partial charge on any atom is 0.232 e. The molecule has 3 unspecified atom stereocenters. The molecule has 19 heavy (non-hydrogen) atoms. The van der Waals surface area contributed by atoms with E-state index in [0.717, 1.165) is 5.56 Å². The Bertz CT molecular complexity index is 452. The SMILES string of the molecule is CC1C(=O)N(CCC(O)c2ccccc2)C(=O)C1C. The van der Waals surface area contributed by atoms with Gasteiger partial charge in [0.15, 0.2) is 0 Å². The van der Waals surface area contributed by atoms with Crippen molar-refractivity contribution in [3.05, 3.63) is 35.9 Å². The van der Waals surface area contributed by atoms with Gasteiger partial charge in [-0.1, -0.05) is 44.2 Å². The van der Waals surface area contributed by atoms with Gasteiger partial charge < -0.3 is 5.11 Å². The highest BCUT2D eigenvalue weighted by atomic mass is 16.3. The van der Waals surface area contributed by atoms with Crippen LogP contribution in [0.4, 0.5) is 0 Å². The monoisotopic (exact) mass is 261 g/mol. The number of aliphatic hydroxyl groups excluding tert-OH is 1. The Morgan fingerprint density at radius 1 is 1.11 bits per heavy atom. The van der Waals surface area contributed by atoms with Crippen LogP contribution >= 0.6 is 0 Å². The maximum absolute atomic E-state index is 11.9. The first-order valence-electron chi connectivity index (χ1n) is 6.60. The van der Waals surface area contributed by atoms with Crippen LogP contribution in [-0.2, 0) is 9.59 Å². The quantitative estimate of drug-likeness (QED) is 0.840. The molecule has 1 fully saturated rings. The summed E-state index contributed by atoms with van der Waals surface area (Å²) in [6, 6.07) is 9.27. The first-order chi connectivity index (χ1) is 9.02. The van der Waals surface area contributed by atoms with Crippen molar-refractivity contribution in [2.45, 2.75) is 26.4 Å². The van der Waals surface area contributed by atoms with E-state index in [1.54, 1.807) is 13.8 Å². The molecule has 2 amide bonds. The van der Waals surface area contributed by atoms with Crippen molar-refractivity contribution in [3.8, 4) is 0 Å². The summed E-state index contributed by atoms with van der Waals surface area (Å²) in [6.07, 6.45) is -0.269. The molecular weight excluding hydrogens is 242 g/mol. The molecule has 2 rings (SSSR count). The van der Waals surface area contributed by atoms with Gasteiger partial charge in [0.1, 0.15) is 0 Å². The number of imide groups is 1. The average molecular weight is 261 g/mol. The third-order valence-corrected chi connectivity index (χ3v) is 3.87. The summed E-state index contributed by atoms with van der Waals surface area (Å²) in [4.78, 5) is 25.1. The number of carbonyl (C=O) groups excluding carboxylic acids is 2. The van der Waals surface area contributed by atoms with Crippen molar-refractivity contribution in [3.63, 3.8) is 0 Å². The van der Waals surface area contributed by atoms with E-state index in [4.69, 9.17) is 0 Å². The van der Waals surface area contributed by atoms with Crippen molar-refractivity contribution in [2.24, 2.45) is 11.8 Å². The lowest BCUT2D eigenvalue weighted by molar-refractivity contribution is -0.140. The van der Waals surface area contributed by atoms with E-state index in [-0.39, 0.29) is 30.2 Å². The minimum atomic E-state index is -0.645. The first kappa shape index (κ1) is 13.7. The lowest BCUT2D eigenvalue weighted by Crippen LogP contribution is -2.32. The second-order valence-corrected chi connectivity index (χ2v) is 5.12. The van der Waals surface area contributed by atoms with Crippen molar-refractivity contribution in [1.82, 2.24) is 4.90 Å². The summed E-state index contributed by atoms with van der Waals surface area (Å²) in [6.45, 7) is 3.83. The summed E-state index contributed by atoms with van der Waals surface area (Å²) >= 11 is 0. The van der Waals surface area contributed by atoms with E-state index in [1.165, 1.54) is 4.90 Å². The molecule has 0 aliphatic carbocycles. The molecule has 0 saturated carbocycles. The molecule has 4 nitrogen and oxygen atoms in total. The normalized spacial score (nSPS) is 24.9. The number of aliphatic hydroxyl groups is 1. The van der Waals surface area contributed by atoms with E-state index in [0.29, 0.717) is 6.42 Å². The Morgan fingerprint density at radius 3 is 2.16 bits per heavy atom. The molecule has 1 heterocycles. The van der Waals surface area contributed by atoms with Gasteiger partial charge in [0.05, 0.1) is 6.10 Å². The van der Waals surface area contributed by atoms with E-state index in [2.05, 4.69) is 0 Å². The van der Waals surface area contributed by atoms with Crippen molar-refractivity contribution in [1.29, 1.82) is 0 Å². The zero-order valence-electron chi connectivity index (χ0n) is 11.2. The van der Waals surface area contributed by atoms with Crippen LogP contribution in [0.25, 0.3) is 0 Å². The number of carbonyl (C=O) groups is 2. The van der Waals surface area contributed by atoms with Gasteiger partial charge in [0.25, 0.3) is 0 Å². The molecule has 0 radical (unpaired) electrons. The minimum Gasteiger partial charge on any atom is -0.388 e. The lowest BCUT2D eigenvalue weighted by Gasteiger charge is -2.17. The summed E-state index contributed by atoms with van der Waals surface area (Å²) in [5, 5.41) is 10.0. The van der Waals surface area contributed by atoms with E-state index in [9.17, 15) is 14.7 Å². The Morgan fingerprint density at radius 2 is 1.63 bits per heavy atom. The van der Waals surface area contributed by atoms with Crippen LogP contribution in [0.5, 0.6) is 0 Å². The van der Waals surface area contributed by atoms with E-state index < -0.39 is 6.10 Å². The smallest absolute Gasteiger partial charge is 0.232 e. The molecule has 0 aromatic heterocycles. The standard InChI is InChI=1S/C15H19NO3/c1-10-11(2)15(19)16(14(10)18)9-8-13(17)12-6-4-3-5-7-12/h3-7,10-11,13,17H,8-9H2,1-2H3. The second-order valence-electron chi connectivity index (χ2n) is 5.12. The number of rotatable bonds is 4. The Hall–Kier alpha value is -1.68. The number of amides is 2. The maximum atomic E-state index is 11.9. The van der Waals surface area contributed by atoms with E-state index in [1.807, 2.05) is 30.3 Å². The third kappa shape index (κ3) is 2.68. The van der Waals surface area contributed by atoms with Crippen LogP contribution < -0.4 is 0 Å². The van der Waals surface area contributed by atoms with Gasteiger partial charge >= 0.3 is 0 Å². The minimum absolute atomic E-state index is 0.127. The van der Waals surface area contributed by atoms with Gasteiger partial charge in [-0.15, -0.1) is 0 Å². The zero-order valence-corrected chi connectivity index (χ0v) is 11.2. The predicted octanol–water partition coefficient (Wildman–Crippen LogP) is 1.75. The van der Waals surface area contributed by atoms with Crippen LogP contribution in [0.1, 0.15) is 31.9 Å². The molecular formula is C15H19NO3. The summed E-state index contributed by atoms with van der Waals surface area (Å²) in [7, 11) is 0. The topological polar surface area (TPSA) is 57.6 Å². The van der Waals surface area contributed by atoms with Crippen LogP contribution in [0.15, 0.2) is 30.3 Å². The molecule has 0 bridgehead atoms. The molecule has 1 saturated heterocycles. The second kappa shape index (κ2) is 5.53. The fourth-order valence-corrected chi connectivity index (χ4v) is 2.34. The van der Waals surface area contributed by atoms with Crippen molar-refractivity contribution >= 4 is 11.8 Å². The molecule has 102 valence electrons. The molecule has 3 atom stereocenters. The molecule has 1 N–H and O–H groups in total. The first-order valence-corrected chi connectivity index (χ1v) is 6.60. The van der Waals surface area contributed by atoms with Crippen LogP contribution in [-0.4, -0.2) is 28.4 Å². The van der Waals surface area contributed by atoms with Crippen LogP contribution in [0, 0.1) is 11.8 Å². The highest BCUT2D eigenvalue weighted by Gasteiger charge is 2.41. The number of likely N-dealkylation sites (tertiary alicyclic amines) is 1. The molecule has 1 aromatic rings. The summed E-state index contributed by atoms with van der Waals surface area (Å²) < 4.78 is 0. The number of hydrogen-bond donors (Lipinski definition) is 1. The summed E-state index contributed by atoms with van der Waals surface area (Å²) in [5.74, 6) is -0.752. The van der Waals surface area contributed by atoms with Crippen molar-refractivity contribution in [2.75, 3.05) is 6.54 Å². The van der Waals surface area contributed by atoms with Crippen LogP contribution in [0.3, 0.4) is 0 Å². The largest absolute Gasteiger partial charge is 0.388 e. The van der Waals surface area contributed by atoms with E-state index >= 15 is 0 Å². The predicted molar refractivity (Wildman–Crippen MR) is 71.1 cm³/mol. The zero-order chi connectivity index (χ0) is 14.0. The van der Waals surface area contributed by atoms with Gasteiger partial charge in [0.2, 0.25) is 11.8 Å². The molecule has 0 spiro atoms. The van der Waals surface area contributed by atoms with Gasteiger partial charge in [-0.05, 0) is 12.0 Å². The van der Waals surface area contributed by atoms with Gasteiger partial charge in [0, 0.05) is 18.4 Å². The third-order valence-electron chi connectivity index (χ3n) is 3.87. The van der Waals surface area contributed by atoms with Gasteiger partial charge in [-0.2, -0.15) is 0 Å². The molecule has 4 heteroatoms. The number of nitrogens with zero attached hydrogens (tertiary/aromatic N) is 1. The summed E-state index contributed by atoms with van der Waals surface area (Å²) in [5.41, 5.74) is 0.808. The Labute approximate surface area is 113 Å². The highest BCUT2D eigenvalue weighted by molar-refractivity contribution is 6.04. The average Bonchev–Trinajstić information content (AvgIpc) is 2.62. The number of hydrogen-bond acceptors (Lipinski definition) is 3. The Kier molecular flexibility index (Phi) is 4.00. The molecule has 1 aliphatic heterocycles. The number of benzene rings is 1. The molecule has 1 aliphatic rings. The van der Waals surface area contributed by atoms with Gasteiger partial charge in [-0.25, -0.2) is 0 Å². The van der Waals surface area contributed by atoms with Crippen LogP contribution in [0.2, 0.25) is 0 Å². The Balaban J connectivity index is 1.96. The molecule has 1 aromatic carbocycles. The lowest BCUT2D eigenvalue weighted by atomic mass is 10.00. The van der Waals surface area contributed by atoms with Crippen molar-refractivity contribution < 1.29 is 14.7 Å². The van der Waals surface area contributed by atoms with Gasteiger partial charge in [-0.3, -0.25) is 14.5 Å². The highest BCUT2D eigenvalue weighted by Crippen LogP contribution is 2.26. The fraction of sp³-hybridized carbons (Fsp3) is 0.467. The fourth-order valence-electron chi connectivity index (χ4n) is 2.34.